The van der Waals surface area contributed by atoms with E-state index in [0.29, 0.717) is 25.6 Å². The highest BCUT2D eigenvalue weighted by atomic mass is 35.5. The van der Waals surface area contributed by atoms with Crippen molar-refractivity contribution in [3.8, 4) is 0 Å². The highest BCUT2D eigenvalue weighted by Crippen LogP contribution is 2.25. The maximum absolute atomic E-state index is 13.0. The first-order valence-corrected chi connectivity index (χ1v) is 11.9. The van der Waals surface area contributed by atoms with Gasteiger partial charge < -0.3 is 10.1 Å². The van der Waals surface area contributed by atoms with Crippen LogP contribution in [-0.4, -0.2) is 54.7 Å². The van der Waals surface area contributed by atoms with Crippen molar-refractivity contribution in [1.29, 1.82) is 0 Å². The van der Waals surface area contributed by atoms with Crippen molar-refractivity contribution in [1.82, 2.24) is 14.1 Å². The number of nitrogens with zero attached hydrogens (tertiary/aromatic N) is 3. The van der Waals surface area contributed by atoms with Crippen molar-refractivity contribution in [2.45, 2.75) is 18.4 Å². The van der Waals surface area contributed by atoms with Crippen LogP contribution in [0.3, 0.4) is 0 Å². The van der Waals surface area contributed by atoms with Gasteiger partial charge in [0.05, 0.1) is 40.9 Å². The molecule has 0 radical (unpaired) electrons. The minimum Gasteiger partial charge on any atom is -0.379 e. The second-order valence-corrected chi connectivity index (χ2v) is 9.77. The van der Waals surface area contributed by atoms with Crippen LogP contribution in [0.1, 0.15) is 21.6 Å². The van der Waals surface area contributed by atoms with Gasteiger partial charge in [-0.05, 0) is 30.7 Å². The normalized spacial score (nSPS) is 14.9. The summed E-state index contributed by atoms with van der Waals surface area (Å²) in [4.78, 5) is 13.1. The van der Waals surface area contributed by atoms with Gasteiger partial charge >= 0.3 is 0 Å². The van der Waals surface area contributed by atoms with Crippen LogP contribution in [-0.2, 0) is 21.3 Å². The third-order valence-corrected chi connectivity index (χ3v) is 7.33. The fourth-order valence-corrected chi connectivity index (χ4v) is 5.12. The first kappa shape index (κ1) is 22.5. The van der Waals surface area contributed by atoms with Gasteiger partial charge in [0.2, 0.25) is 10.0 Å². The Morgan fingerprint density at radius 3 is 2.56 bits per heavy atom. The van der Waals surface area contributed by atoms with Crippen LogP contribution >= 0.6 is 11.6 Å². The summed E-state index contributed by atoms with van der Waals surface area (Å²) in [5, 5.41) is 7.42. The fraction of sp³-hybridized carbons (Fsp3) is 0.273. The number of aromatic nitrogens is 2. The van der Waals surface area contributed by atoms with E-state index in [1.54, 1.807) is 10.7 Å². The highest BCUT2D eigenvalue weighted by molar-refractivity contribution is 7.89. The van der Waals surface area contributed by atoms with Gasteiger partial charge in [0.25, 0.3) is 5.91 Å². The van der Waals surface area contributed by atoms with Gasteiger partial charge in [0.15, 0.2) is 0 Å². The number of carbonyl (C=O) groups excluding carboxylic acids is 1. The quantitative estimate of drug-likeness (QED) is 0.592. The monoisotopic (exact) mass is 474 g/mol. The Hall–Kier alpha value is -2.72. The molecule has 0 atom stereocenters. The number of amides is 1. The molecule has 0 aliphatic carbocycles. The summed E-state index contributed by atoms with van der Waals surface area (Å²) in [6, 6.07) is 15.6. The van der Waals surface area contributed by atoms with Crippen LogP contribution in [0.5, 0.6) is 0 Å². The molecule has 4 rings (SSSR count). The molecule has 1 aliphatic rings. The second-order valence-electron chi connectivity index (χ2n) is 7.43. The minimum absolute atomic E-state index is 0.0166. The molecule has 0 bridgehead atoms. The van der Waals surface area contributed by atoms with Gasteiger partial charge in [-0.1, -0.05) is 41.9 Å². The van der Waals surface area contributed by atoms with Crippen molar-refractivity contribution in [2.75, 3.05) is 31.6 Å². The van der Waals surface area contributed by atoms with Gasteiger partial charge in [-0.2, -0.15) is 9.40 Å². The molecule has 3 aromatic rings. The average Bonchev–Trinajstić information content (AvgIpc) is 3.13. The average molecular weight is 475 g/mol. The Morgan fingerprint density at radius 2 is 1.84 bits per heavy atom. The van der Waals surface area contributed by atoms with Gasteiger partial charge in [-0.3, -0.25) is 4.79 Å². The Balaban J connectivity index is 1.59. The number of anilines is 1. The van der Waals surface area contributed by atoms with Crippen LogP contribution < -0.4 is 5.32 Å². The molecule has 0 unspecified atom stereocenters. The van der Waals surface area contributed by atoms with Crippen LogP contribution in [0, 0.1) is 6.92 Å². The Morgan fingerprint density at radius 1 is 1.12 bits per heavy atom. The van der Waals surface area contributed by atoms with Crippen molar-refractivity contribution < 1.29 is 17.9 Å². The van der Waals surface area contributed by atoms with Crippen molar-refractivity contribution in [3.05, 3.63) is 76.4 Å². The fourth-order valence-electron chi connectivity index (χ4n) is 3.48. The first-order valence-electron chi connectivity index (χ1n) is 10.1. The molecule has 1 saturated heterocycles. The molecule has 1 amide bonds. The van der Waals surface area contributed by atoms with Gasteiger partial charge in [-0.25, -0.2) is 13.1 Å². The van der Waals surface area contributed by atoms with E-state index in [-0.39, 0.29) is 28.6 Å². The molecule has 1 N–H and O–H groups in total. The lowest BCUT2D eigenvalue weighted by molar-refractivity contribution is 0.0730. The molecule has 0 spiro atoms. The number of morpholine rings is 1. The number of sulfonamides is 1. The second kappa shape index (κ2) is 9.41. The molecule has 10 heteroatoms. The predicted octanol–water partition coefficient (Wildman–Crippen LogP) is 3.17. The van der Waals surface area contributed by atoms with Crippen LogP contribution in [0.2, 0.25) is 5.02 Å². The van der Waals surface area contributed by atoms with E-state index in [1.165, 1.54) is 22.5 Å². The number of benzene rings is 2. The number of hydrogen-bond acceptors (Lipinski definition) is 5. The summed E-state index contributed by atoms with van der Waals surface area (Å²) in [7, 11) is -3.76. The zero-order valence-electron chi connectivity index (χ0n) is 17.5. The van der Waals surface area contributed by atoms with E-state index in [4.69, 9.17) is 16.3 Å². The molecule has 1 fully saturated rings. The maximum Gasteiger partial charge on any atom is 0.258 e. The predicted molar refractivity (Wildman–Crippen MR) is 121 cm³/mol. The number of aryl methyl sites for hydroxylation is 1. The molecule has 1 aromatic heterocycles. The summed E-state index contributed by atoms with van der Waals surface area (Å²) >= 11 is 6.26. The summed E-state index contributed by atoms with van der Waals surface area (Å²) in [6.07, 6.45) is 0. The molecule has 8 nitrogen and oxygen atoms in total. The molecule has 0 saturated carbocycles. The summed E-state index contributed by atoms with van der Waals surface area (Å²) in [5.74, 6) is -0.0166. The van der Waals surface area contributed by atoms with E-state index in [1.807, 2.05) is 37.3 Å². The van der Waals surface area contributed by atoms with E-state index >= 15 is 0 Å². The SMILES string of the molecule is Cc1cc(NC(=O)c2cc(S(=O)(=O)N3CCOCC3)ccc2Cl)n(Cc2ccccc2)n1. The molecule has 1 aliphatic heterocycles. The van der Waals surface area contributed by atoms with Crippen LogP contribution in [0.15, 0.2) is 59.5 Å². The highest BCUT2D eigenvalue weighted by Gasteiger charge is 2.27. The molecule has 2 heterocycles. The standard InChI is InChI=1S/C22H23ClN4O4S/c1-16-13-21(27(25-16)15-17-5-3-2-4-6-17)24-22(28)19-14-18(7-8-20(19)23)32(29,30)26-9-11-31-12-10-26/h2-8,13-14H,9-12,15H2,1H3,(H,24,28). The zero-order valence-corrected chi connectivity index (χ0v) is 19.1. The summed E-state index contributed by atoms with van der Waals surface area (Å²) < 4.78 is 34.2. The number of hydrogen-bond donors (Lipinski definition) is 1. The molecular formula is C22H23ClN4O4S. The molecule has 168 valence electrons. The topological polar surface area (TPSA) is 93.5 Å². The molecule has 32 heavy (non-hydrogen) atoms. The number of ether oxygens (including phenoxy) is 1. The molecular weight excluding hydrogens is 452 g/mol. The lowest BCUT2D eigenvalue weighted by Crippen LogP contribution is -2.40. The Bertz CT molecular complexity index is 1220. The molecule has 2 aromatic carbocycles. The largest absolute Gasteiger partial charge is 0.379 e. The maximum atomic E-state index is 13.0. The van der Waals surface area contributed by atoms with Crippen LogP contribution in [0.25, 0.3) is 0 Å². The minimum atomic E-state index is -3.76. The van der Waals surface area contributed by atoms with E-state index < -0.39 is 15.9 Å². The number of halogens is 1. The number of rotatable bonds is 6. The van der Waals surface area contributed by atoms with Crippen molar-refractivity contribution >= 4 is 33.3 Å². The Kier molecular flexibility index (Phi) is 6.61. The number of carbonyl (C=O) groups is 1. The lowest BCUT2D eigenvalue weighted by atomic mass is 10.2. The zero-order chi connectivity index (χ0) is 22.7. The first-order chi connectivity index (χ1) is 15.3. The van der Waals surface area contributed by atoms with E-state index in [2.05, 4.69) is 10.4 Å². The Labute approximate surface area is 191 Å². The van der Waals surface area contributed by atoms with E-state index in [0.717, 1.165) is 11.3 Å². The summed E-state index contributed by atoms with van der Waals surface area (Å²) in [6.45, 7) is 3.52. The summed E-state index contributed by atoms with van der Waals surface area (Å²) in [5.41, 5.74) is 1.85. The lowest BCUT2D eigenvalue weighted by Gasteiger charge is -2.26. The van der Waals surface area contributed by atoms with Crippen molar-refractivity contribution in [2.24, 2.45) is 0 Å². The van der Waals surface area contributed by atoms with E-state index in [9.17, 15) is 13.2 Å². The van der Waals surface area contributed by atoms with Gasteiger partial charge in [0.1, 0.15) is 5.82 Å². The number of nitrogens with one attached hydrogen (secondary N) is 1. The van der Waals surface area contributed by atoms with Gasteiger partial charge in [-0.15, -0.1) is 0 Å². The smallest absolute Gasteiger partial charge is 0.258 e. The van der Waals surface area contributed by atoms with Crippen LogP contribution in [0.4, 0.5) is 5.82 Å². The van der Waals surface area contributed by atoms with Crippen molar-refractivity contribution in [3.63, 3.8) is 0 Å². The third-order valence-electron chi connectivity index (χ3n) is 5.11. The van der Waals surface area contributed by atoms with Gasteiger partial charge in [0, 0.05) is 19.2 Å². The third kappa shape index (κ3) is 4.86.